The lowest BCUT2D eigenvalue weighted by Gasteiger charge is -2.19. The van der Waals surface area contributed by atoms with Crippen molar-refractivity contribution in [3.63, 3.8) is 0 Å². The van der Waals surface area contributed by atoms with Crippen LogP contribution in [0.5, 0.6) is 0 Å². The van der Waals surface area contributed by atoms with Crippen molar-refractivity contribution in [2.45, 2.75) is 58.4 Å². The van der Waals surface area contributed by atoms with Gasteiger partial charge in [0, 0.05) is 6.04 Å². The summed E-state index contributed by atoms with van der Waals surface area (Å²) >= 11 is 0. The second kappa shape index (κ2) is 6.94. The van der Waals surface area contributed by atoms with Crippen LogP contribution in [0.1, 0.15) is 62.6 Å². The topological polar surface area (TPSA) is 12.0 Å². The van der Waals surface area contributed by atoms with Crippen molar-refractivity contribution >= 4 is 0 Å². The largest absolute Gasteiger partial charge is 0.310 e. The molecule has 0 aliphatic heterocycles. The SMILES string of the molecule is Cc1ccc([C@H](C)NCC2CCCCCC2)cc1. The van der Waals surface area contributed by atoms with E-state index < -0.39 is 0 Å². The van der Waals surface area contributed by atoms with E-state index in [0.29, 0.717) is 6.04 Å². The zero-order chi connectivity index (χ0) is 12.8. The van der Waals surface area contributed by atoms with Crippen LogP contribution in [-0.2, 0) is 0 Å². The van der Waals surface area contributed by atoms with Gasteiger partial charge in [0.2, 0.25) is 0 Å². The molecule has 1 nitrogen and oxygen atoms in total. The number of hydrogen-bond acceptors (Lipinski definition) is 1. The molecular weight excluding hydrogens is 218 g/mol. The fraction of sp³-hybridized carbons (Fsp3) is 0.647. The van der Waals surface area contributed by atoms with Crippen LogP contribution >= 0.6 is 0 Å². The highest BCUT2D eigenvalue weighted by Crippen LogP contribution is 2.23. The Morgan fingerprint density at radius 1 is 1.06 bits per heavy atom. The van der Waals surface area contributed by atoms with Gasteiger partial charge in [-0.05, 0) is 44.7 Å². The standard InChI is InChI=1S/C17H27N/c1-14-9-11-17(12-10-14)15(2)18-13-16-7-5-3-4-6-8-16/h9-12,15-16,18H,3-8,13H2,1-2H3/t15-/m0/s1. The van der Waals surface area contributed by atoms with Crippen molar-refractivity contribution in [2.75, 3.05) is 6.54 Å². The van der Waals surface area contributed by atoms with E-state index in [1.54, 1.807) is 0 Å². The van der Waals surface area contributed by atoms with Crippen molar-refractivity contribution in [1.29, 1.82) is 0 Å². The maximum atomic E-state index is 3.72. The third kappa shape index (κ3) is 4.13. The van der Waals surface area contributed by atoms with Crippen molar-refractivity contribution < 1.29 is 0 Å². The lowest BCUT2D eigenvalue weighted by molar-refractivity contribution is 0.403. The predicted molar refractivity (Wildman–Crippen MR) is 78.8 cm³/mol. The maximum Gasteiger partial charge on any atom is 0.0291 e. The Kier molecular flexibility index (Phi) is 5.25. The minimum absolute atomic E-state index is 0.480. The summed E-state index contributed by atoms with van der Waals surface area (Å²) in [5.74, 6) is 0.903. The van der Waals surface area contributed by atoms with Crippen LogP contribution in [0.25, 0.3) is 0 Å². The molecule has 0 spiro atoms. The van der Waals surface area contributed by atoms with Crippen LogP contribution in [0.2, 0.25) is 0 Å². The van der Waals surface area contributed by atoms with Gasteiger partial charge in [-0.3, -0.25) is 0 Å². The van der Waals surface area contributed by atoms with Crippen LogP contribution in [0.3, 0.4) is 0 Å². The Bertz CT molecular complexity index is 333. The summed E-state index contributed by atoms with van der Waals surface area (Å²) in [6.45, 7) is 5.61. The molecule has 1 aromatic carbocycles. The van der Waals surface area contributed by atoms with Gasteiger partial charge in [-0.2, -0.15) is 0 Å². The summed E-state index contributed by atoms with van der Waals surface area (Å²) in [6, 6.07) is 9.40. The summed E-state index contributed by atoms with van der Waals surface area (Å²) in [6.07, 6.45) is 8.62. The molecule has 2 rings (SSSR count). The molecule has 1 fully saturated rings. The second-order valence-corrected chi connectivity index (χ2v) is 5.90. The maximum absolute atomic E-state index is 3.72. The third-order valence-electron chi connectivity index (χ3n) is 4.26. The van der Waals surface area contributed by atoms with Crippen molar-refractivity contribution in [3.05, 3.63) is 35.4 Å². The molecular formula is C17H27N. The Morgan fingerprint density at radius 2 is 1.67 bits per heavy atom. The van der Waals surface area contributed by atoms with Gasteiger partial charge >= 0.3 is 0 Å². The third-order valence-corrected chi connectivity index (χ3v) is 4.26. The molecule has 0 bridgehead atoms. The van der Waals surface area contributed by atoms with E-state index in [4.69, 9.17) is 0 Å². The van der Waals surface area contributed by atoms with E-state index in [1.807, 2.05) is 0 Å². The van der Waals surface area contributed by atoms with Gasteiger partial charge in [0.25, 0.3) is 0 Å². The number of benzene rings is 1. The average Bonchev–Trinajstić information content (AvgIpc) is 2.65. The number of nitrogens with one attached hydrogen (secondary N) is 1. The van der Waals surface area contributed by atoms with Gasteiger partial charge in [-0.25, -0.2) is 0 Å². The van der Waals surface area contributed by atoms with Crippen molar-refractivity contribution in [1.82, 2.24) is 5.32 Å². The van der Waals surface area contributed by atoms with Gasteiger partial charge in [0.1, 0.15) is 0 Å². The molecule has 0 heterocycles. The first-order valence-corrected chi connectivity index (χ1v) is 7.55. The first kappa shape index (κ1) is 13.6. The van der Waals surface area contributed by atoms with Crippen LogP contribution in [-0.4, -0.2) is 6.54 Å². The first-order chi connectivity index (χ1) is 8.75. The minimum atomic E-state index is 0.480. The summed E-state index contributed by atoms with van der Waals surface area (Å²) in [4.78, 5) is 0. The van der Waals surface area contributed by atoms with E-state index >= 15 is 0 Å². The first-order valence-electron chi connectivity index (χ1n) is 7.55. The molecule has 1 N–H and O–H groups in total. The molecule has 0 unspecified atom stereocenters. The zero-order valence-electron chi connectivity index (χ0n) is 11.9. The Labute approximate surface area is 112 Å². The molecule has 1 saturated carbocycles. The Balaban J connectivity index is 1.80. The van der Waals surface area contributed by atoms with Crippen LogP contribution in [0, 0.1) is 12.8 Å². The molecule has 0 radical (unpaired) electrons. The van der Waals surface area contributed by atoms with Crippen LogP contribution < -0.4 is 5.32 Å². The molecule has 0 aromatic heterocycles. The predicted octanol–water partition coefficient (Wildman–Crippen LogP) is 4.62. The number of rotatable bonds is 4. The molecule has 1 atom stereocenters. The number of hydrogen-bond donors (Lipinski definition) is 1. The summed E-state index contributed by atoms with van der Waals surface area (Å²) in [7, 11) is 0. The minimum Gasteiger partial charge on any atom is -0.310 e. The fourth-order valence-corrected chi connectivity index (χ4v) is 2.88. The highest BCUT2D eigenvalue weighted by Gasteiger charge is 2.13. The van der Waals surface area contributed by atoms with E-state index in [0.717, 1.165) is 5.92 Å². The fourth-order valence-electron chi connectivity index (χ4n) is 2.88. The molecule has 18 heavy (non-hydrogen) atoms. The monoisotopic (exact) mass is 245 g/mol. The molecule has 1 heteroatoms. The molecule has 100 valence electrons. The van der Waals surface area contributed by atoms with Gasteiger partial charge in [-0.1, -0.05) is 55.5 Å². The Morgan fingerprint density at radius 3 is 2.28 bits per heavy atom. The lowest BCUT2D eigenvalue weighted by Crippen LogP contribution is -2.25. The van der Waals surface area contributed by atoms with Gasteiger partial charge in [0.15, 0.2) is 0 Å². The van der Waals surface area contributed by atoms with E-state index in [2.05, 4.69) is 43.4 Å². The highest BCUT2D eigenvalue weighted by atomic mass is 14.9. The van der Waals surface area contributed by atoms with Crippen LogP contribution in [0.4, 0.5) is 0 Å². The number of aryl methyl sites for hydroxylation is 1. The van der Waals surface area contributed by atoms with Gasteiger partial charge in [-0.15, -0.1) is 0 Å². The smallest absolute Gasteiger partial charge is 0.0291 e. The van der Waals surface area contributed by atoms with Gasteiger partial charge < -0.3 is 5.32 Å². The molecule has 1 aliphatic rings. The summed E-state index contributed by atoms with van der Waals surface area (Å²) in [5, 5.41) is 3.72. The highest BCUT2D eigenvalue weighted by molar-refractivity contribution is 5.23. The van der Waals surface area contributed by atoms with Gasteiger partial charge in [0.05, 0.1) is 0 Å². The van der Waals surface area contributed by atoms with E-state index in [-0.39, 0.29) is 0 Å². The summed E-state index contributed by atoms with van der Waals surface area (Å²) < 4.78 is 0. The van der Waals surface area contributed by atoms with Crippen LogP contribution in [0.15, 0.2) is 24.3 Å². The normalized spacial score (nSPS) is 19.4. The van der Waals surface area contributed by atoms with Crippen molar-refractivity contribution in [2.24, 2.45) is 5.92 Å². The molecule has 1 aromatic rings. The quantitative estimate of drug-likeness (QED) is 0.763. The van der Waals surface area contributed by atoms with E-state index in [1.165, 1.54) is 56.2 Å². The molecule has 0 saturated heterocycles. The van der Waals surface area contributed by atoms with E-state index in [9.17, 15) is 0 Å². The molecule has 0 amide bonds. The zero-order valence-corrected chi connectivity index (χ0v) is 11.9. The lowest BCUT2D eigenvalue weighted by atomic mass is 9.99. The average molecular weight is 245 g/mol. The van der Waals surface area contributed by atoms with Crippen molar-refractivity contribution in [3.8, 4) is 0 Å². The molecule has 1 aliphatic carbocycles. The Hall–Kier alpha value is -0.820. The second-order valence-electron chi connectivity index (χ2n) is 5.90. The summed E-state index contributed by atoms with van der Waals surface area (Å²) in [5.41, 5.74) is 2.75.